The molecule has 0 spiro atoms. The molecule has 0 fully saturated rings. The molecule has 0 aliphatic heterocycles. The van der Waals surface area contributed by atoms with Crippen LogP contribution >= 0.6 is 7.37 Å². The molecule has 2 atom stereocenters. The van der Waals surface area contributed by atoms with Crippen LogP contribution in [-0.2, 0) is 8.99 Å². The first-order chi connectivity index (χ1) is 8.47. The van der Waals surface area contributed by atoms with E-state index in [1.807, 2.05) is 0 Å². The van der Waals surface area contributed by atoms with E-state index in [2.05, 4.69) is 39.9 Å². The van der Waals surface area contributed by atoms with E-state index >= 15 is 0 Å². The highest BCUT2D eigenvalue weighted by molar-refractivity contribution is 7.58. The lowest BCUT2D eigenvalue weighted by Crippen LogP contribution is -2.43. The second kappa shape index (κ2) is 5.85. The second-order valence-corrected chi connectivity index (χ2v) is 14.5. The van der Waals surface area contributed by atoms with Gasteiger partial charge in [0.05, 0.1) is 6.10 Å². The number of hydrogen-bond donors (Lipinski definition) is 1. The maximum Gasteiger partial charge on any atom is 0.204 e. The summed E-state index contributed by atoms with van der Waals surface area (Å²) in [5.41, 5.74) is 1.11. The zero-order chi connectivity index (χ0) is 14.9. The van der Waals surface area contributed by atoms with E-state index in [0.29, 0.717) is 12.3 Å². The van der Waals surface area contributed by atoms with Crippen LogP contribution in [0.1, 0.15) is 40.5 Å². The van der Waals surface area contributed by atoms with E-state index in [9.17, 15) is 9.46 Å². The molecule has 1 aliphatic carbocycles. The average Bonchev–Trinajstić information content (AvgIpc) is 2.62. The fourth-order valence-electron chi connectivity index (χ4n) is 2.00. The molecule has 1 unspecified atom stereocenters. The third-order valence-electron chi connectivity index (χ3n) is 4.37. The maximum absolute atomic E-state index is 11.8. The van der Waals surface area contributed by atoms with Gasteiger partial charge in [0.1, 0.15) is 0 Å². The molecule has 0 bridgehead atoms. The molecule has 112 valence electrons. The Morgan fingerprint density at radius 1 is 1.47 bits per heavy atom. The van der Waals surface area contributed by atoms with Crippen LogP contribution in [0.3, 0.4) is 0 Å². The Hall–Kier alpha value is 0.107. The second-order valence-electron chi connectivity index (χ2n) is 7.12. The fraction of sp³-hybridized carbons (Fsp3) is 0.857. The van der Waals surface area contributed by atoms with Gasteiger partial charge < -0.3 is 9.32 Å². The van der Waals surface area contributed by atoms with Crippen molar-refractivity contribution < 1.29 is 13.9 Å². The Balaban J connectivity index is 2.55. The van der Waals surface area contributed by atoms with Gasteiger partial charge in [-0.1, -0.05) is 39.3 Å². The van der Waals surface area contributed by atoms with Crippen LogP contribution in [-0.4, -0.2) is 31.6 Å². The SMILES string of the molecule is CCP(=O)(O)CC1=CC[C@H](O[Si](C)(C)C(C)(C)C)C1. The molecule has 0 radical (unpaired) electrons. The normalized spacial score (nSPS) is 24.2. The van der Waals surface area contributed by atoms with Gasteiger partial charge in [0.2, 0.25) is 7.37 Å². The Morgan fingerprint density at radius 3 is 2.53 bits per heavy atom. The van der Waals surface area contributed by atoms with Crippen molar-refractivity contribution in [3.63, 3.8) is 0 Å². The van der Waals surface area contributed by atoms with E-state index in [1.165, 1.54) is 0 Å². The summed E-state index contributed by atoms with van der Waals surface area (Å²) in [6.45, 7) is 13.0. The molecule has 0 heterocycles. The first kappa shape index (κ1) is 17.2. The van der Waals surface area contributed by atoms with Crippen molar-refractivity contribution in [2.75, 3.05) is 12.3 Å². The van der Waals surface area contributed by atoms with Crippen molar-refractivity contribution >= 4 is 15.7 Å². The van der Waals surface area contributed by atoms with E-state index < -0.39 is 15.7 Å². The monoisotopic (exact) mass is 304 g/mol. The molecule has 3 nitrogen and oxygen atoms in total. The Morgan fingerprint density at radius 2 is 2.05 bits per heavy atom. The van der Waals surface area contributed by atoms with Gasteiger partial charge in [-0.15, -0.1) is 0 Å². The van der Waals surface area contributed by atoms with Gasteiger partial charge in [-0.25, -0.2) is 0 Å². The van der Waals surface area contributed by atoms with E-state index in [-0.39, 0.29) is 11.1 Å². The van der Waals surface area contributed by atoms with Gasteiger partial charge in [0.15, 0.2) is 8.32 Å². The highest BCUT2D eigenvalue weighted by Gasteiger charge is 2.39. The van der Waals surface area contributed by atoms with Crippen LogP contribution in [0.25, 0.3) is 0 Å². The van der Waals surface area contributed by atoms with Crippen LogP contribution in [0.4, 0.5) is 0 Å². The lowest BCUT2D eigenvalue weighted by atomic mass is 10.2. The molecule has 0 aromatic rings. The minimum atomic E-state index is -2.95. The molecular formula is C14H29O3PSi. The molecule has 5 heteroatoms. The van der Waals surface area contributed by atoms with Crippen LogP contribution in [0.2, 0.25) is 18.1 Å². The fourth-order valence-corrected chi connectivity index (χ4v) is 4.48. The Bertz CT molecular complexity index is 396. The van der Waals surface area contributed by atoms with Crippen LogP contribution in [0, 0.1) is 0 Å². The van der Waals surface area contributed by atoms with E-state index in [0.717, 1.165) is 18.4 Å². The van der Waals surface area contributed by atoms with Gasteiger partial charge in [-0.2, -0.15) is 0 Å². The zero-order valence-electron chi connectivity index (χ0n) is 13.2. The highest BCUT2D eigenvalue weighted by atomic mass is 31.2. The predicted molar refractivity (Wildman–Crippen MR) is 84.6 cm³/mol. The van der Waals surface area contributed by atoms with E-state index in [1.54, 1.807) is 6.92 Å². The molecule has 19 heavy (non-hydrogen) atoms. The molecule has 1 aliphatic rings. The summed E-state index contributed by atoms with van der Waals surface area (Å²) in [6.07, 6.45) is 4.76. The van der Waals surface area contributed by atoms with Crippen LogP contribution in [0.15, 0.2) is 11.6 Å². The summed E-state index contributed by atoms with van der Waals surface area (Å²) in [6, 6.07) is 0. The average molecular weight is 304 g/mol. The zero-order valence-corrected chi connectivity index (χ0v) is 15.1. The van der Waals surface area contributed by atoms with E-state index in [4.69, 9.17) is 4.43 Å². The topological polar surface area (TPSA) is 46.5 Å². The van der Waals surface area contributed by atoms with Crippen LogP contribution < -0.4 is 0 Å². The molecule has 0 aromatic carbocycles. The predicted octanol–water partition coefficient (Wildman–Crippen LogP) is 4.39. The summed E-state index contributed by atoms with van der Waals surface area (Å²) < 4.78 is 18.1. The Kier molecular flexibility index (Phi) is 5.28. The first-order valence-corrected chi connectivity index (χ1v) is 12.1. The van der Waals surface area contributed by atoms with Crippen molar-refractivity contribution in [1.82, 2.24) is 0 Å². The van der Waals surface area contributed by atoms with Crippen molar-refractivity contribution in [1.29, 1.82) is 0 Å². The summed E-state index contributed by atoms with van der Waals surface area (Å²) in [7, 11) is -4.68. The molecule has 0 saturated heterocycles. The van der Waals surface area contributed by atoms with Crippen molar-refractivity contribution in [3.8, 4) is 0 Å². The summed E-state index contributed by atoms with van der Waals surface area (Å²) >= 11 is 0. The summed E-state index contributed by atoms with van der Waals surface area (Å²) in [5.74, 6) is 0. The van der Waals surface area contributed by atoms with Crippen molar-refractivity contribution in [2.24, 2.45) is 0 Å². The summed E-state index contributed by atoms with van der Waals surface area (Å²) in [4.78, 5) is 9.71. The lowest BCUT2D eigenvalue weighted by Gasteiger charge is -2.38. The van der Waals surface area contributed by atoms with Crippen LogP contribution in [0.5, 0.6) is 0 Å². The van der Waals surface area contributed by atoms with Gasteiger partial charge in [0, 0.05) is 12.3 Å². The Labute approximate surface area is 119 Å². The van der Waals surface area contributed by atoms with Gasteiger partial charge >= 0.3 is 0 Å². The molecule has 1 rings (SSSR count). The highest BCUT2D eigenvalue weighted by Crippen LogP contribution is 2.45. The molecule has 0 saturated carbocycles. The smallest absolute Gasteiger partial charge is 0.204 e. The lowest BCUT2D eigenvalue weighted by molar-refractivity contribution is 0.192. The molecular weight excluding hydrogens is 275 g/mol. The minimum absolute atomic E-state index is 0.214. The molecule has 0 amide bonds. The third-order valence-corrected chi connectivity index (χ3v) is 10.8. The molecule has 0 aromatic heterocycles. The largest absolute Gasteiger partial charge is 0.413 e. The third kappa shape index (κ3) is 4.85. The number of hydrogen-bond acceptors (Lipinski definition) is 2. The summed E-state index contributed by atoms with van der Waals surface area (Å²) in [5, 5.41) is 0.214. The van der Waals surface area contributed by atoms with Gasteiger partial charge in [-0.05, 0) is 31.0 Å². The molecule has 1 N–H and O–H groups in total. The van der Waals surface area contributed by atoms with Gasteiger partial charge in [-0.3, -0.25) is 4.57 Å². The minimum Gasteiger partial charge on any atom is -0.413 e. The van der Waals surface area contributed by atoms with Crippen molar-refractivity contribution in [2.45, 2.75) is 64.8 Å². The first-order valence-electron chi connectivity index (χ1n) is 7.13. The quantitative estimate of drug-likeness (QED) is 0.465. The van der Waals surface area contributed by atoms with Gasteiger partial charge in [0.25, 0.3) is 0 Å². The maximum atomic E-state index is 11.8. The number of rotatable bonds is 5. The standard InChI is InChI=1S/C14H29O3PSi/c1-7-18(15,16)11-12-8-9-13(10-12)17-19(5,6)14(2,3)4/h8,13H,7,9-11H2,1-6H3,(H,15,16)/t13-/m0/s1. The van der Waals surface area contributed by atoms with Crippen molar-refractivity contribution in [3.05, 3.63) is 11.6 Å².